The van der Waals surface area contributed by atoms with E-state index in [0.717, 1.165) is 52.0 Å². The standard InChI is InChI=1S/C21H29N4O/c1-2-7-21-20(6-1)18(16-22-12-14-26-15-13-22)17-25(21)24-10-8-23(9-11-24)19-4-3-5-19/h2,6-7,17,19H,3-5,8-16H2. The van der Waals surface area contributed by atoms with Gasteiger partial charge in [-0.3, -0.25) is 14.5 Å². The van der Waals surface area contributed by atoms with Crippen LogP contribution < -0.4 is 5.01 Å². The minimum Gasteiger partial charge on any atom is -0.379 e. The third-order valence-corrected chi connectivity index (χ3v) is 6.40. The summed E-state index contributed by atoms with van der Waals surface area (Å²) in [5, 5.41) is 3.88. The molecule has 1 aromatic heterocycles. The molecule has 1 aliphatic carbocycles. The summed E-state index contributed by atoms with van der Waals surface area (Å²) in [6, 6.07) is 10.6. The molecule has 1 aromatic carbocycles. The van der Waals surface area contributed by atoms with Crippen molar-refractivity contribution < 1.29 is 4.74 Å². The smallest absolute Gasteiger partial charge is 0.0698 e. The Morgan fingerprint density at radius 2 is 1.85 bits per heavy atom. The van der Waals surface area contributed by atoms with Gasteiger partial charge < -0.3 is 9.75 Å². The lowest BCUT2D eigenvalue weighted by atomic mass is 9.91. The average molecular weight is 353 g/mol. The number of fused-ring (bicyclic) bond motifs is 1. The van der Waals surface area contributed by atoms with Crippen molar-refractivity contribution in [2.45, 2.75) is 31.8 Å². The van der Waals surface area contributed by atoms with E-state index in [1.165, 1.54) is 48.8 Å². The van der Waals surface area contributed by atoms with Crippen LogP contribution in [0.3, 0.4) is 0 Å². The SMILES string of the molecule is [c]1ccc2c(c1)c(CN1CCOCC1)cn2N1CCN(C2CCC2)CC1. The summed E-state index contributed by atoms with van der Waals surface area (Å²) in [6.07, 6.45) is 6.61. The van der Waals surface area contributed by atoms with Crippen LogP contribution in [-0.4, -0.2) is 73.0 Å². The van der Waals surface area contributed by atoms with Crippen molar-refractivity contribution in [2.24, 2.45) is 0 Å². The zero-order valence-electron chi connectivity index (χ0n) is 15.6. The summed E-state index contributed by atoms with van der Waals surface area (Å²) >= 11 is 0. The molecule has 1 saturated carbocycles. The van der Waals surface area contributed by atoms with Gasteiger partial charge in [-0.25, -0.2) is 0 Å². The summed E-state index contributed by atoms with van der Waals surface area (Å²) in [7, 11) is 0. The van der Waals surface area contributed by atoms with E-state index in [0.29, 0.717) is 0 Å². The molecular formula is C21H29N4O. The summed E-state index contributed by atoms with van der Waals surface area (Å²) < 4.78 is 7.92. The molecule has 2 saturated heterocycles. The summed E-state index contributed by atoms with van der Waals surface area (Å²) in [5.74, 6) is 0. The Kier molecular flexibility index (Phi) is 4.61. The fourth-order valence-corrected chi connectivity index (χ4v) is 4.57. The van der Waals surface area contributed by atoms with Crippen molar-refractivity contribution >= 4 is 10.9 Å². The number of nitrogens with zero attached hydrogens (tertiary/aromatic N) is 4. The van der Waals surface area contributed by atoms with Gasteiger partial charge in [0.05, 0.1) is 18.7 Å². The van der Waals surface area contributed by atoms with Crippen LogP contribution in [0.5, 0.6) is 0 Å². The Morgan fingerprint density at radius 1 is 1.04 bits per heavy atom. The van der Waals surface area contributed by atoms with Crippen LogP contribution in [0.15, 0.2) is 24.4 Å². The van der Waals surface area contributed by atoms with Crippen molar-refractivity contribution in [2.75, 3.05) is 57.5 Å². The molecule has 0 spiro atoms. The molecule has 1 radical (unpaired) electrons. The van der Waals surface area contributed by atoms with Gasteiger partial charge in [-0.15, -0.1) is 0 Å². The van der Waals surface area contributed by atoms with Gasteiger partial charge in [0.2, 0.25) is 0 Å². The number of hydrogen-bond acceptors (Lipinski definition) is 4. The van der Waals surface area contributed by atoms with E-state index in [1.54, 1.807) is 0 Å². The van der Waals surface area contributed by atoms with Gasteiger partial charge in [0, 0.05) is 63.4 Å². The summed E-state index contributed by atoms with van der Waals surface area (Å²) in [5.41, 5.74) is 2.74. The van der Waals surface area contributed by atoms with E-state index >= 15 is 0 Å². The van der Waals surface area contributed by atoms with Crippen LogP contribution in [0.1, 0.15) is 24.8 Å². The van der Waals surface area contributed by atoms with Crippen LogP contribution in [0.25, 0.3) is 10.9 Å². The third-order valence-electron chi connectivity index (χ3n) is 6.40. The Hall–Kier alpha value is -1.56. The van der Waals surface area contributed by atoms with Crippen molar-refractivity contribution in [1.29, 1.82) is 0 Å². The van der Waals surface area contributed by atoms with Crippen LogP contribution in [-0.2, 0) is 11.3 Å². The van der Waals surface area contributed by atoms with Gasteiger partial charge >= 0.3 is 0 Å². The predicted molar refractivity (Wildman–Crippen MR) is 104 cm³/mol. The highest BCUT2D eigenvalue weighted by molar-refractivity contribution is 5.84. The maximum atomic E-state index is 5.50. The Labute approximate surface area is 156 Å². The zero-order valence-corrected chi connectivity index (χ0v) is 15.6. The molecule has 3 aliphatic rings. The molecule has 3 fully saturated rings. The number of benzene rings is 1. The number of rotatable bonds is 4. The summed E-state index contributed by atoms with van der Waals surface area (Å²) in [6.45, 7) is 9.41. The molecule has 5 rings (SSSR count). The molecular weight excluding hydrogens is 324 g/mol. The van der Waals surface area contributed by atoms with Gasteiger partial charge in [0.15, 0.2) is 0 Å². The number of hydrogen-bond donors (Lipinski definition) is 0. The minimum atomic E-state index is 0.855. The first-order valence-corrected chi connectivity index (χ1v) is 10.2. The Morgan fingerprint density at radius 3 is 2.58 bits per heavy atom. The fraction of sp³-hybridized carbons (Fsp3) is 0.619. The minimum absolute atomic E-state index is 0.855. The molecule has 139 valence electrons. The van der Waals surface area contributed by atoms with Gasteiger partial charge in [-0.2, -0.15) is 0 Å². The van der Waals surface area contributed by atoms with Crippen molar-refractivity contribution in [3.05, 3.63) is 36.0 Å². The van der Waals surface area contributed by atoms with Gasteiger partial charge in [-0.1, -0.05) is 12.5 Å². The topological polar surface area (TPSA) is 23.9 Å². The number of morpholine rings is 1. The Balaban J connectivity index is 1.36. The van der Waals surface area contributed by atoms with Crippen LogP contribution in [0, 0.1) is 6.07 Å². The second kappa shape index (κ2) is 7.22. The first-order chi connectivity index (χ1) is 12.9. The molecule has 5 heteroatoms. The molecule has 3 heterocycles. The zero-order chi connectivity index (χ0) is 17.3. The molecule has 0 N–H and O–H groups in total. The molecule has 0 amide bonds. The van der Waals surface area contributed by atoms with Crippen molar-refractivity contribution in [3.8, 4) is 0 Å². The highest BCUT2D eigenvalue weighted by atomic mass is 16.5. The average Bonchev–Trinajstić information content (AvgIpc) is 3.01. The van der Waals surface area contributed by atoms with Crippen molar-refractivity contribution in [3.63, 3.8) is 0 Å². The molecule has 26 heavy (non-hydrogen) atoms. The van der Waals surface area contributed by atoms with Crippen LogP contribution in [0.2, 0.25) is 0 Å². The second-order valence-corrected chi connectivity index (χ2v) is 7.91. The number of ether oxygens (including phenoxy) is 1. The quantitative estimate of drug-likeness (QED) is 0.840. The van der Waals surface area contributed by atoms with Crippen LogP contribution in [0.4, 0.5) is 0 Å². The van der Waals surface area contributed by atoms with E-state index in [-0.39, 0.29) is 0 Å². The first kappa shape index (κ1) is 16.6. The Bertz CT molecular complexity index is 740. The predicted octanol–water partition coefficient (Wildman–Crippen LogP) is 2.08. The molecule has 0 bridgehead atoms. The maximum absolute atomic E-state index is 5.50. The summed E-state index contributed by atoms with van der Waals surface area (Å²) in [4.78, 5) is 5.21. The van der Waals surface area contributed by atoms with E-state index in [9.17, 15) is 0 Å². The highest BCUT2D eigenvalue weighted by Crippen LogP contribution is 2.27. The fourth-order valence-electron chi connectivity index (χ4n) is 4.57. The van der Waals surface area contributed by atoms with Gasteiger partial charge in [0.1, 0.15) is 0 Å². The third kappa shape index (κ3) is 3.13. The van der Waals surface area contributed by atoms with Crippen LogP contribution >= 0.6 is 0 Å². The second-order valence-electron chi connectivity index (χ2n) is 7.91. The van der Waals surface area contributed by atoms with Crippen molar-refractivity contribution in [1.82, 2.24) is 14.5 Å². The van der Waals surface area contributed by atoms with E-state index in [1.807, 2.05) is 6.07 Å². The molecule has 0 atom stereocenters. The van der Waals surface area contributed by atoms with E-state index in [2.05, 4.69) is 43.9 Å². The lowest BCUT2D eigenvalue weighted by Gasteiger charge is -2.43. The maximum Gasteiger partial charge on any atom is 0.0698 e. The van der Waals surface area contributed by atoms with E-state index in [4.69, 9.17) is 4.74 Å². The molecule has 5 nitrogen and oxygen atoms in total. The largest absolute Gasteiger partial charge is 0.379 e. The lowest BCUT2D eigenvalue weighted by molar-refractivity contribution is 0.0343. The lowest BCUT2D eigenvalue weighted by Crippen LogP contribution is -2.55. The van der Waals surface area contributed by atoms with Gasteiger partial charge in [-0.05, 0) is 36.6 Å². The molecule has 2 aliphatic heterocycles. The monoisotopic (exact) mass is 353 g/mol. The van der Waals surface area contributed by atoms with Gasteiger partial charge in [0.25, 0.3) is 0 Å². The number of piperazine rings is 1. The molecule has 2 aromatic rings. The molecule has 0 unspecified atom stereocenters. The normalized spacial score (nSPS) is 23.5. The highest BCUT2D eigenvalue weighted by Gasteiger charge is 2.28. The number of aromatic nitrogens is 1. The first-order valence-electron chi connectivity index (χ1n) is 10.2. The van der Waals surface area contributed by atoms with E-state index < -0.39 is 0 Å².